The van der Waals surface area contributed by atoms with Crippen molar-refractivity contribution >= 4 is 39.3 Å². The van der Waals surface area contributed by atoms with Gasteiger partial charge in [-0.3, -0.25) is 0 Å². The summed E-state index contributed by atoms with van der Waals surface area (Å²) in [5.41, 5.74) is 25.8. The Balaban J connectivity index is 1.50. The van der Waals surface area contributed by atoms with Crippen LogP contribution in [-0.2, 0) is 0 Å². The van der Waals surface area contributed by atoms with Gasteiger partial charge >= 0.3 is 0 Å². The zero-order valence-electron chi connectivity index (χ0n) is 24.9. The predicted molar refractivity (Wildman–Crippen MR) is 188 cm³/mol. The molecule has 0 saturated carbocycles. The van der Waals surface area contributed by atoms with E-state index >= 15 is 0 Å². The van der Waals surface area contributed by atoms with Crippen molar-refractivity contribution in [3.8, 4) is 11.1 Å². The Morgan fingerprint density at radius 2 is 1.39 bits per heavy atom. The van der Waals surface area contributed by atoms with E-state index < -0.39 is 0 Å². The van der Waals surface area contributed by atoms with E-state index in [0.717, 1.165) is 56.9 Å². The van der Waals surface area contributed by atoms with Crippen LogP contribution in [0, 0.1) is 5.92 Å². The Morgan fingerprint density at radius 3 is 2.07 bits per heavy atom. The van der Waals surface area contributed by atoms with Gasteiger partial charge < -0.3 is 16.0 Å². The molecule has 8 rings (SSSR count). The molecule has 0 fully saturated rings. The van der Waals surface area contributed by atoms with Crippen molar-refractivity contribution in [1.29, 1.82) is 0 Å². The van der Waals surface area contributed by atoms with Gasteiger partial charge in [-0.15, -0.1) is 0 Å². The quantitative estimate of drug-likeness (QED) is 0.207. The second kappa shape index (κ2) is 11.3. The van der Waals surface area contributed by atoms with E-state index in [4.69, 9.17) is 11.5 Å². The van der Waals surface area contributed by atoms with Crippen LogP contribution in [0.25, 0.3) is 44.7 Å². The van der Waals surface area contributed by atoms with Crippen LogP contribution in [0.5, 0.6) is 0 Å². The van der Waals surface area contributed by atoms with Crippen molar-refractivity contribution in [3.63, 3.8) is 0 Å². The number of allylic oxidation sites excluding steroid dienone is 12. The molecule has 3 aliphatic rings. The zero-order chi connectivity index (χ0) is 30.2. The molecule has 2 bridgehead atoms. The van der Waals surface area contributed by atoms with Gasteiger partial charge in [-0.05, 0) is 66.0 Å². The maximum atomic E-state index is 6.76. The minimum atomic E-state index is 0.238. The fraction of sp³-hybridized carbons (Fsp3) is 0.0732. The SMILES string of the molecule is C=C/C1=C(\C=C/c2ccccc2-c2ccccc2N)/C=C(n2c3ccccc3c3ccccc32)\C=C(\C)C2C=CC1=C(N)C2. The smallest absolute Gasteiger partial charge is 0.0541 e. The second-order valence-corrected chi connectivity index (χ2v) is 11.5. The Labute approximate surface area is 258 Å². The van der Waals surface area contributed by atoms with Crippen LogP contribution in [0.2, 0.25) is 0 Å². The fourth-order valence-corrected chi connectivity index (χ4v) is 6.59. The molecule has 5 aromatic rings. The molecule has 0 saturated heterocycles. The summed E-state index contributed by atoms with van der Waals surface area (Å²) < 4.78 is 2.39. The van der Waals surface area contributed by atoms with E-state index in [2.05, 4.69) is 133 Å². The lowest BCUT2D eigenvalue weighted by molar-refractivity contribution is 0.722. The minimum Gasteiger partial charge on any atom is -0.402 e. The van der Waals surface area contributed by atoms with Crippen LogP contribution >= 0.6 is 0 Å². The molecule has 0 amide bonds. The molecule has 0 aliphatic heterocycles. The van der Waals surface area contributed by atoms with Crippen LogP contribution in [-0.4, -0.2) is 4.57 Å². The Kier molecular flexibility index (Phi) is 7.00. The van der Waals surface area contributed by atoms with Gasteiger partial charge in [0.1, 0.15) is 0 Å². The number of fused-ring (bicyclic) bond motifs is 6. The molecule has 0 radical (unpaired) electrons. The Morgan fingerprint density at radius 1 is 0.750 bits per heavy atom. The maximum absolute atomic E-state index is 6.76. The molecule has 0 spiro atoms. The van der Waals surface area contributed by atoms with E-state index in [-0.39, 0.29) is 5.92 Å². The van der Waals surface area contributed by atoms with Crippen LogP contribution < -0.4 is 11.5 Å². The van der Waals surface area contributed by atoms with Crippen LogP contribution in [0.3, 0.4) is 0 Å². The summed E-state index contributed by atoms with van der Waals surface area (Å²) in [4.78, 5) is 0. The van der Waals surface area contributed by atoms with Crippen LogP contribution in [0.4, 0.5) is 5.69 Å². The average molecular weight is 570 g/mol. The molecule has 3 heteroatoms. The van der Waals surface area contributed by atoms with Gasteiger partial charge in [0.15, 0.2) is 0 Å². The highest BCUT2D eigenvalue weighted by atomic mass is 15.0. The lowest BCUT2D eigenvalue weighted by atomic mass is 9.83. The first kappa shape index (κ1) is 27.3. The summed E-state index contributed by atoms with van der Waals surface area (Å²) in [6, 6.07) is 33.7. The Hall–Kier alpha value is -5.54. The number of anilines is 1. The molecule has 214 valence electrons. The molecule has 3 nitrogen and oxygen atoms in total. The number of nitrogens with zero attached hydrogens (tertiary/aromatic N) is 1. The van der Waals surface area contributed by atoms with Gasteiger partial charge in [0, 0.05) is 44.9 Å². The highest BCUT2D eigenvalue weighted by Crippen LogP contribution is 2.38. The van der Waals surface area contributed by atoms with E-state index in [1.807, 2.05) is 24.3 Å². The summed E-state index contributed by atoms with van der Waals surface area (Å²) in [6.45, 7) is 6.47. The van der Waals surface area contributed by atoms with Gasteiger partial charge in [0.2, 0.25) is 0 Å². The topological polar surface area (TPSA) is 57.0 Å². The van der Waals surface area contributed by atoms with Gasteiger partial charge in [-0.2, -0.15) is 0 Å². The number of nitrogen functional groups attached to an aromatic ring is 1. The number of aromatic nitrogens is 1. The van der Waals surface area contributed by atoms with Crippen molar-refractivity contribution in [3.05, 3.63) is 174 Å². The van der Waals surface area contributed by atoms with E-state index in [0.29, 0.717) is 0 Å². The molecular formula is C41H35N3. The molecule has 1 heterocycles. The maximum Gasteiger partial charge on any atom is 0.0541 e. The van der Waals surface area contributed by atoms with Gasteiger partial charge in [0.05, 0.1) is 11.0 Å². The summed E-state index contributed by atoms with van der Waals surface area (Å²) in [6.07, 6.45) is 16.1. The van der Waals surface area contributed by atoms with Crippen LogP contribution in [0.15, 0.2) is 168 Å². The number of benzene rings is 4. The first-order chi connectivity index (χ1) is 21.5. The minimum absolute atomic E-state index is 0.238. The van der Waals surface area contributed by atoms with Gasteiger partial charge in [-0.25, -0.2) is 0 Å². The molecule has 3 aliphatic carbocycles. The van der Waals surface area contributed by atoms with E-state index in [1.165, 1.54) is 27.4 Å². The lowest BCUT2D eigenvalue weighted by Crippen LogP contribution is -2.15. The van der Waals surface area contributed by atoms with Crippen LogP contribution in [0.1, 0.15) is 18.9 Å². The number of hydrogen-bond acceptors (Lipinski definition) is 2. The zero-order valence-corrected chi connectivity index (χ0v) is 24.9. The third-order valence-corrected chi connectivity index (χ3v) is 8.84. The summed E-state index contributed by atoms with van der Waals surface area (Å²) >= 11 is 0. The highest BCUT2D eigenvalue weighted by molar-refractivity contribution is 6.10. The number of rotatable bonds is 5. The van der Waals surface area contributed by atoms with E-state index in [1.54, 1.807) is 0 Å². The monoisotopic (exact) mass is 569 g/mol. The van der Waals surface area contributed by atoms with Crippen molar-refractivity contribution in [1.82, 2.24) is 4.57 Å². The summed E-state index contributed by atoms with van der Waals surface area (Å²) in [5, 5.41) is 2.47. The van der Waals surface area contributed by atoms with E-state index in [9.17, 15) is 0 Å². The average Bonchev–Trinajstić information content (AvgIpc) is 3.38. The summed E-state index contributed by atoms with van der Waals surface area (Å²) in [7, 11) is 0. The van der Waals surface area contributed by atoms with Crippen molar-refractivity contribution in [2.45, 2.75) is 13.3 Å². The molecule has 4 aromatic carbocycles. The lowest BCUT2D eigenvalue weighted by Gasteiger charge is -2.25. The molecular weight excluding hydrogens is 534 g/mol. The van der Waals surface area contributed by atoms with Crippen molar-refractivity contribution < 1.29 is 0 Å². The molecule has 4 N–H and O–H groups in total. The molecule has 44 heavy (non-hydrogen) atoms. The van der Waals surface area contributed by atoms with Crippen molar-refractivity contribution in [2.24, 2.45) is 11.7 Å². The molecule has 1 unspecified atom stereocenters. The summed E-state index contributed by atoms with van der Waals surface area (Å²) in [5.74, 6) is 0.238. The second-order valence-electron chi connectivity index (χ2n) is 11.5. The fourth-order valence-electron chi connectivity index (χ4n) is 6.59. The highest BCUT2D eigenvalue weighted by Gasteiger charge is 2.22. The van der Waals surface area contributed by atoms with Gasteiger partial charge in [-0.1, -0.05) is 121 Å². The Bertz CT molecular complexity index is 2090. The molecule has 1 aromatic heterocycles. The number of hydrogen-bond donors (Lipinski definition) is 2. The predicted octanol–water partition coefficient (Wildman–Crippen LogP) is 9.83. The van der Waals surface area contributed by atoms with Gasteiger partial charge in [0.25, 0.3) is 0 Å². The standard InChI is InChI=1S/C41H35N3/c1-3-32-30(21-20-28-12-4-5-13-33(28)34-14-6-9-17-38(34)42)25-31(24-27(2)29-22-23-35(32)39(43)26-29)44-40-18-10-7-15-36(40)37-16-8-11-19-41(37)44/h3-25,29H,1,26,42-43H2,2H3/b21-20-,27-24-,31-25+,32-30-. The third kappa shape index (κ3) is 4.73. The normalized spacial score (nSPS) is 21.1. The van der Waals surface area contributed by atoms with Crippen molar-refractivity contribution in [2.75, 3.05) is 5.73 Å². The first-order valence-corrected chi connectivity index (χ1v) is 15.1. The third-order valence-electron chi connectivity index (χ3n) is 8.84. The number of para-hydroxylation sites is 3. The number of nitrogens with two attached hydrogens (primary N) is 2. The molecule has 1 atom stereocenters. The largest absolute Gasteiger partial charge is 0.402 e. The first-order valence-electron chi connectivity index (χ1n) is 15.1.